The van der Waals surface area contributed by atoms with E-state index in [1.165, 1.54) is 18.3 Å². The fourth-order valence-electron chi connectivity index (χ4n) is 2.70. The number of piperidine rings is 1. The number of carbonyl (C=O) groups excluding carboxylic acids is 1. The van der Waals surface area contributed by atoms with E-state index in [1.54, 1.807) is 4.90 Å². The third-order valence-electron chi connectivity index (χ3n) is 4.30. The van der Waals surface area contributed by atoms with E-state index in [1.807, 2.05) is 6.92 Å². The number of aromatic nitrogens is 1. The molecule has 1 aromatic rings. The molecule has 5 nitrogen and oxygen atoms in total. The van der Waals surface area contributed by atoms with Crippen molar-refractivity contribution in [3.63, 3.8) is 0 Å². The number of nitrogens with one attached hydrogen (secondary N) is 1. The SMILES string of the molecule is CCNCC1CCN(C(=O)c2ccc(OCC(F)(F)C(F)F)nc2)CC1.Cl. The second-order valence-corrected chi connectivity index (χ2v) is 6.28. The zero-order chi connectivity index (χ0) is 19.2. The first-order chi connectivity index (χ1) is 12.3. The topological polar surface area (TPSA) is 54.5 Å². The van der Waals surface area contributed by atoms with E-state index in [9.17, 15) is 22.4 Å². The molecule has 0 radical (unpaired) electrons. The Bertz CT molecular complexity index is 582. The van der Waals surface area contributed by atoms with Crippen molar-refractivity contribution < 1.29 is 27.1 Å². The summed E-state index contributed by atoms with van der Waals surface area (Å²) in [5.41, 5.74) is 0.308. The lowest BCUT2D eigenvalue weighted by molar-refractivity contribution is -0.148. The van der Waals surface area contributed by atoms with Crippen LogP contribution in [0.4, 0.5) is 17.6 Å². The minimum atomic E-state index is -4.24. The minimum absolute atomic E-state index is 0. The van der Waals surface area contributed by atoms with Gasteiger partial charge in [0.2, 0.25) is 5.88 Å². The van der Waals surface area contributed by atoms with Crippen molar-refractivity contribution in [1.29, 1.82) is 0 Å². The fraction of sp³-hybridized carbons (Fsp3) is 0.647. The summed E-state index contributed by atoms with van der Waals surface area (Å²) in [6.45, 7) is 3.73. The summed E-state index contributed by atoms with van der Waals surface area (Å²) in [6, 6.07) is 2.63. The number of hydrogen-bond donors (Lipinski definition) is 1. The van der Waals surface area contributed by atoms with Crippen LogP contribution in [0.15, 0.2) is 18.3 Å². The molecule has 1 saturated heterocycles. The normalized spacial score (nSPS) is 15.6. The van der Waals surface area contributed by atoms with Crippen LogP contribution in [0.2, 0.25) is 0 Å². The molecule has 1 amide bonds. The highest BCUT2D eigenvalue weighted by molar-refractivity contribution is 5.94. The highest BCUT2D eigenvalue weighted by Gasteiger charge is 2.41. The summed E-state index contributed by atoms with van der Waals surface area (Å²) in [5.74, 6) is -4.12. The standard InChI is InChI=1S/C17H23F4N3O2.ClH/c1-2-22-9-12-5-7-24(8-6-12)15(25)13-3-4-14(23-10-13)26-11-17(20,21)16(18)19;/h3-4,10,12,16,22H,2,5-9,11H2,1H3;1H. The van der Waals surface area contributed by atoms with Gasteiger partial charge in [0.1, 0.15) is 0 Å². The lowest BCUT2D eigenvalue weighted by atomic mass is 9.96. The Morgan fingerprint density at radius 1 is 1.37 bits per heavy atom. The number of nitrogens with zero attached hydrogens (tertiary/aromatic N) is 2. The molecule has 0 aliphatic carbocycles. The minimum Gasteiger partial charge on any atom is -0.471 e. The molecule has 1 aromatic heterocycles. The number of carbonyl (C=O) groups is 1. The molecule has 2 rings (SSSR count). The van der Waals surface area contributed by atoms with Crippen LogP contribution in [0.25, 0.3) is 0 Å². The van der Waals surface area contributed by atoms with Crippen molar-refractivity contribution in [1.82, 2.24) is 15.2 Å². The molecule has 154 valence electrons. The lowest BCUT2D eigenvalue weighted by Crippen LogP contribution is -2.40. The number of rotatable bonds is 8. The van der Waals surface area contributed by atoms with E-state index in [4.69, 9.17) is 0 Å². The fourth-order valence-corrected chi connectivity index (χ4v) is 2.70. The molecule has 0 spiro atoms. The quantitative estimate of drug-likeness (QED) is 0.665. The average molecular weight is 414 g/mol. The molecule has 1 aliphatic heterocycles. The third-order valence-corrected chi connectivity index (χ3v) is 4.30. The third kappa shape index (κ3) is 6.80. The number of halogens is 5. The van der Waals surface area contributed by atoms with Crippen LogP contribution in [0.3, 0.4) is 0 Å². The number of pyridine rings is 1. The second kappa shape index (κ2) is 10.7. The summed E-state index contributed by atoms with van der Waals surface area (Å²) in [4.78, 5) is 17.9. The van der Waals surface area contributed by atoms with Crippen LogP contribution in [-0.4, -0.2) is 60.9 Å². The largest absolute Gasteiger partial charge is 0.471 e. The molecule has 0 atom stereocenters. The zero-order valence-corrected chi connectivity index (χ0v) is 15.8. The van der Waals surface area contributed by atoms with Crippen molar-refractivity contribution in [2.24, 2.45) is 5.92 Å². The summed E-state index contributed by atoms with van der Waals surface area (Å²) in [7, 11) is 0. The summed E-state index contributed by atoms with van der Waals surface area (Å²) >= 11 is 0. The van der Waals surface area contributed by atoms with Crippen molar-refractivity contribution in [3.8, 4) is 5.88 Å². The van der Waals surface area contributed by atoms with Crippen LogP contribution in [0.5, 0.6) is 5.88 Å². The van der Waals surface area contributed by atoms with E-state index in [0.29, 0.717) is 24.6 Å². The zero-order valence-electron chi connectivity index (χ0n) is 15.0. The van der Waals surface area contributed by atoms with Crippen molar-refractivity contribution in [2.45, 2.75) is 32.1 Å². The molecule has 1 aliphatic rings. The van der Waals surface area contributed by atoms with E-state index in [-0.39, 0.29) is 24.2 Å². The molecule has 0 aromatic carbocycles. The maximum atomic E-state index is 12.8. The lowest BCUT2D eigenvalue weighted by Gasteiger charge is -2.32. The van der Waals surface area contributed by atoms with E-state index < -0.39 is 19.0 Å². The smallest absolute Gasteiger partial charge is 0.340 e. The van der Waals surface area contributed by atoms with Gasteiger partial charge in [-0.2, -0.15) is 8.78 Å². The Balaban J connectivity index is 0.00000364. The van der Waals surface area contributed by atoms with Gasteiger partial charge in [-0.25, -0.2) is 13.8 Å². The molecular formula is C17H24ClF4N3O2. The Morgan fingerprint density at radius 3 is 2.56 bits per heavy atom. The molecule has 1 N–H and O–H groups in total. The van der Waals surface area contributed by atoms with Gasteiger partial charge in [-0.05, 0) is 37.9 Å². The first kappa shape index (κ1) is 23.4. The Hall–Kier alpha value is -1.61. The molecule has 2 heterocycles. The molecule has 27 heavy (non-hydrogen) atoms. The van der Waals surface area contributed by atoms with Gasteiger partial charge < -0.3 is 15.0 Å². The van der Waals surface area contributed by atoms with Crippen molar-refractivity contribution >= 4 is 18.3 Å². The van der Waals surface area contributed by atoms with E-state index >= 15 is 0 Å². The number of amides is 1. The average Bonchev–Trinajstić information content (AvgIpc) is 2.65. The van der Waals surface area contributed by atoms with Gasteiger partial charge in [0.15, 0.2) is 6.61 Å². The van der Waals surface area contributed by atoms with E-state index in [2.05, 4.69) is 15.0 Å². The summed E-state index contributed by atoms with van der Waals surface area (Å²) in [5, 5.41) is 3.30. The maximum absolute atomic E-state index is 12.8. The monoisotopic (exact) mass is 413 g/mol. The molecular weight excluding hydrogens is 390 g/mol. The van der Waals surface area contributed by atoms with E-state index in [0.717, 1.165) is 25.9 Å². The molecule has 1 fully saturated rings. The number of ether oxygens (including phenoxy) is 1. The second-order valence-electron chi connectivity index (χ2n) is 6.28. The Morgan fingerprint density at radius 2 is 2.04 bits per heavy atom. The van der Waals surface area contributed by atoms with Crippen LogP contribution in [0.1, 0.15) is 30.1 Å². The van der Waals surface area contributed by atoms with Gasteiger partial charge in [0.05, 0.1) is 5.56 Å². The van der Waals surface area contributed by atoms with Crippen LogP contribution in [0, 0.1) is 5.92 Å². The summed E-state index contributed by atoms with van der Waals surface area (Å²) < 4.78 is 54.4. The van der Waals surface area contributed by atoms with Crippen LogP contribution >= 0.6 is 12.4 Å². The maximum Gasteiger partial charge on any atom is 0.340 e. The first-order valence-electron chi connectivity index (χ1n) is 8.58. The van der Waals surface area contributed by atoms with Crippen molar-refractivity contribution in [2.75, 3.05) is 32.8 Å². The summed E-state index contributed by atoms with van der Waals surface area (Å²) in [6.07, 6.45) is -0.770. The van der Waals surface area contributed by atoms with Gasteiger partial charge in [-0.1, -0.05) is 6.92 Å². The molecule has 0 saturated carbocycles. The van der Waals surface area contributed by atoms with Gasteiger partial charge in [0.25, 0.3) is 5.91 Å². The molecule has 0 unspecified atom stereocenters. The Kier molecular flexibility index (Phi) is 9.25. The van der Waals surface area contributed by atoms with Gasteiger partial charge in [0, 0.05) is 25.4 Å². The molecule has 10 heteroatoms. The number of alkyl halides is 4. The predicted molar refractivity (Wildman–Crippen MR) is 95.1 cm³/mol. The van der Waals surface area contributed by atoms with Crippen molar-refractivity contribution in [3.05, 3.63) is 23.9 Å². The highest BCUT2D eigenvalue weighted by Crippen LogP contribution is 2.24. The highest BCUT2D eigenvalue weighted by atomic mass is 35.5. The van der Waals surface area contributed by atoms with Gasteiger partial charge in [-0.15, -0.1) is 12.4 Å². The van der Waals surface area contributed by atoms with Gasteiger partial charge in [-0.3, -0.25) is 4.79 Å². The molecule has 0 bridgehead atoms. The predicted octanol–water partition coefficient (Wildman–Crippen LogP) is 3.24. The van der Waals surface area contributed by atoms with Crippen LogP contribution in [-0.2, 0) is 0 Å². The number of hydrogen-bond acceptors (Lipinski definition) is 4. The van der Waals surface area contributed by atoms with Crippen LogP contribution < -0.4 is 10.1 Å². The number of likely N-dealkylation sites (tertiary alicyclic amines) is 1. The first-order valence-corrected chi connectivity index (χ1v) is 8.58. The Labute approximate surface area is 161 Å². The van der Waals surface area contributed by atoms with Gasteiger partial charge >= 0.3 is 12.3 Å².